The predicted octanol–water partition coefficient (Wildman–Crippen LogP) is 2.17. The highest BCUT2D eigenvalue weighted by atomic mass is 15.2. The van der Waals surface area contributed by atoms with Crippen LogP contribution in [0.4, 0.5) is 0 Å². The van der Waals surface area contributed by atoms with Crippen LogP contribution in [0.2, 0.25) is 0 Å². The van der Waals surface area contributed by atoms with Crippen molar-refractivity contribution in [2.24, 2.45) is 0 Å². The Kier molecular flexibility index (Phi) is 2.74. The SMILES string of the molecule is [C-]#[N+][C@H]1CCCN(C(C)(C)C)C1. The lowest BCUT2D eigenvalue weighted by molar-refractivity contribution is 0.107. The Morgan fingerprint density at radius 1 is 1.42 bits per heavy atom. The number of nitrogens with zero attached hydrogens (tertiary/aromatic N) is 2. The summed E-state index contributed by atoms with van der Waals surface area (Å²) in [6, 6.07) is 0.248. The van der Waals surface area contributed by atoms with Gasteiger partial charge in [0.1, 0.15) is 0 Å². The third kappa shape index (κ3) is 2.22. The van der Waals surface area contributed by atoms with Crippen LogP contribution in [0, 0.1) is 6.57 Å². The summed E-state index contributed by atoms with van der Waals surface area (Å²) in [7, 11) is 0. The third-order valence-electron chi connectivity index (χ3n) is 2.53. The lowest BCUT2D eigenvalue weighted by Gasteiger charge is -2.38. The molecule has 1 aliphatic heterocycles. The number of likely N-dealkylation sites (tertiary alicyclic amines) is 1. The Balaban J connectivity index is 2.53. The fourth-order valence-corrected chi connectivity index (χ4v) is 1.67. The zero-order valence-corrected chi connectivity index (χ0v) is 8.30. The van der Waals surface area contributed by atoms with Gasteiger partial charge in [-0.1, -0.05) is 0 Å². The van der Waals surface area contributed by atoms with Crippen molar-refractivity contribution in [1.29, 1.82) is 0 Å². The highest BCUT2D eigenvalue weighted by Gasteiger charge is 2.30. The first-order valence-electron chi connectivity index (χ1n) is 4.65. The fourth-order valence-electron chi connectivity index (χ4n) is 1.67. The topological polar surface area (TPSA) is 7.60 Å². The van der Waals surface area contributed by atoms with Crippen LogP contribution in [0.3, 0.4) is 0 Å². The first-order chi connectivity index (χ1) is 5.54. The Labute approximate surface area is 75.4 Å². The van der Waals surface area contributed by atoms with Crippen molar-refractivity contribution >= 4 is 0 Å². The second-order valence-electron chi connectivity index (χ2n) is 4.54. The molecule has 1 heterocycles. The number of hydrogen-bond acceptors (Lipinski definition) is 1. The minimum absolute atomic E-state index is 0.239. The molecule has 0 radical (unpaired) electrons. The molecule has 1 rings (SSSR count). The maximum absolute atomic E-state index is 6.99. The van der Waals surface area contributed by atoms with Gasteiger partial charge in [-0.05, 0) is 33.7 Å². The van der Waals surface area contributed by atoms with Crippen LogP contribution < -0.4 is 0 Å². The molecule has 0 N–H and O–H groups in total. The average molecular weight is 166 g/mol. The molecule has 1 fully saturated rings. The Morgan fingerprint density at radius 2 is 2.08 bits per heavy atom. The Morgan fingerprint density at radius 3 is 2.58 bits per heavy atom. The first kappa shape index (κ1) is 9.54. The minimum atomic E-state index is 0.239. The maximum atomic E-state index is 6.99. The van der Waals surface area contributed by atoms with Crippen molar-refractivity contribution in [3.05, 3.63) is 11.4 Å². The summed E-state index contributed by atoms with van der Waals surface area (Å²) >= 11 is 0. The highest BCUT2D eigenvalue weighted by molar-refractivity contribution is 4.90. The minimum Gasteiger partial charge on any atom is -0.312 e. The van der Waals surface area contributed by atoms with Crippen LogP contribution in [0.5, 0.6) is 0 Å². The average Bonchev–Trinajstić information content (AvgIpc) is 2.03. The monoisotopic (exact) mass is 166 g/mol. The summed E-state index contributed by atoms with van der Waals surface area (Å²) in [4.78, 5) is 6.04. The molecule has 0 unspecified atom stereocenters. The third-order valence-corrected chi connectivity index (χ3v) is 2.53. The summed E-state index contributed by atoms with van der Waals surface area (Å²) in [6.07, 6.45) is 2.28. The quantitative estimate of drug-likeness (QED) is 0.500. The van der Waals surface area contributed by atoms with Crippen LogP contribution >= 0.6 is 0 Å². The van der Waals surface area contributed by atoms with Gasteiger partial charge in [-0.3, -0.25) is 4.90 Å². The van der Waals surface area contributed by atoms with Gasteiger partial charge in [0.05, 0.1) is 6.54 Å². The van der Waals surface area contributed by atoms with Crippen LogP contribution in [-0.2, 0) is 0 Å². The van der Waals surface area contributed by atoms with Gasteiger partial charge in [0, 0.05) is 12.0 Å². The van der Waals surface area contributed by atoms with Gasteiger partial charge in [-0.2, -0.15) is 0 Å². The Hall–Kier alpha value is -0.550. The van der Waals surface area contributed by atoms with Crippen LogP contribution in [0.1, 0.15) is 33.6 Å². The summed E-state index contributed by atoms with van der Waals surface area (Å²) in [6.45, 7) is 15.8. The zero-order valence-electron chi connectivity index (χ0n) is 8.30. The molecule has 0 spiro atoms. The van der Waals surface area contributed by atoms with Gasteiger partial charge in [-0.15, -0.1) is 0 Å². The van der Waals surface area contributed by atoms with Gasteiger partial charge in [0.15, 0.2) is 0 Å². The van der Waals surface area contributed by atoms with E-state index in [1.54, 1.807) is 0 Å². The van der Waals surface area contributed by atoms with E-state index in [4.69, 9.17) is 6.57 Å². The lowest BCUT2D eigenvalue weighted by Crippen LogP contribution is -2.48. The molecule has 0 aliphatic carbocycles. The summed E-state index contributed by atoms with van der Waals surface area (Å²) in [5.74, 6) is 0. The largest absolute Gasteiger partial charge is 0.312 e. The second kappa shape index (κ2) is 3.45. The van der Waals surface area contributed by atoms with Gasteiger partial charge in [0.2, 0.25) is 6.04 Å². The van der Waals surface area contributed by atoms with Crippen molar-refractivity contribution in [2.45, 2.75) is 45.2 Å². The molecule has 0 aromatic heterocycles. The van der Waals surface area contributed by atoms with Crippen molar-refractivity contribution in [2.75, 3.05) is 13.1 Å². The van der Waals surface area contributed by atoms with Gasteiger partial charge >= 0.3 is 0 Å². The molecular formula is C10H18N2. The summed E-state index contributed by atoms with van der Waals surface area (Å²) in [5, 5.41) is 0. The van der Waals surface area contributed by atoms with Crippen molar-refractivity contribution < 1.29 is 0 Å². The Bertz CT molecular complexity index is 185. The summed E-state index contributed by atoms with van der Waals surface area (Å²) in [5.41, 5.74) is 0.239. The van der Waals surface area contributed by atoms with E-state index in [-0.39, 0.29) is 11.6 Å². The van der Waals surface area contributed by atoms with E-state index in [9.17, 15) is 0 Å². The molecule has 0 bridgehead atoms. The number of rotatable bonds is 0. The maximum Gasteiger partial charge on any atom is 0.236 e. The lowest BCUT2D eigenvalue weighted by atomic mass is 9.99. The van der Waals surface area contributed by atoms with Gasteiger partial charge < -0.3 is 4.85 Å². The highest BCUT2D eigenvalue weighted by Crippen LogP contribution is 2.21. The van der Waals surface area contributed by atoms with Crippen molar-refractivity contribution in [3.8, 4) is 0 Å². The zero-order chi connectivity index (χ0) is 9.19. The number of hydrogen-bond donors (Lipinski definition) is 0. The van der Waals surface area contributed by atoms with E-state index in [0.29, 0.717) is 0 Å². The van der Waals surface area contributed by atoms with E-state index in [1.807, 2.05) is 0 Å². The molecule has 2 nitrogen and oxygen atoms in total. The van der Waals surface area contributed by atoms with Crippen LogP contribution in [0.15, 0.2) is 0 Å². The smallest absolute Gasteiger partial charge is 0.236 e. The number of piperidine rings is 1. The van der Waals surface area contributed by atoms with Crippen LogP contribution in [0.25, 0.3) is 4.85 Å². The van der Waals surface area contributed by atoms with E-state index in [1.165, 1.54) is 6.42 Å². The van der Waals surface area contributed by atoms with Gasteiger partial charge in [0.25, 0.3) is 0 Å². The van der Waals surface area contributed by atoms with Gasteiger partial charge in [-0.25, -0.2) is 6.57 Å². The molecule has 0 aromatic rings. The standard InChI is InChI=1S/C10H18N2/c1-10(2,3)12-7-5-6-9(8-12)11-4/h9H,5-8H2,1-3H3/t9-/m0/s1. The van der Waals surface area contributed by atoms with E-state index in [2.05, 4.69) is 30.5 Å². The van der Waals surface area contributed by atoms with E-state index < -0.39 is 0 Å². The molecule has 12 heavy (non-hydrogen) atoms. The van der Waals surface area contributed by atoms with E-state index >= 15 is 0 Å². The molecule has 1 saturated heterocycles. The first-order valence-corrected chi connectivity index (χ1v) is 4.65. The molecular weight excluding hydrogens is 148 g/mol. The second-order valence-corrected chi connectivity index (χ2v) is 4.54. The molecule has 2 heteroatoms. The summed E-state index contributed by atoms with van der Waals surface area (Å²) < 4.78 is 0. The molecule has 0 saturated carbocycles. The molecule has 68 valence electrons. The van der Waals surface area contributed by atoms with E-state index in [0.717, 1.165) is 19.5 Å². The van der Waals surface area contributed by atoms with Crippen LogP contribution in [-0.4, -0.2) is 29.6 Å². The molecule has 0 aromatic carbocycles. The van der Waals surface area contributed by atoms with Crippen molar-refractivity contribution in [3.63, 3.8) is 0 Å². The van der Waals surface area contributed by atoms with Crippen molar-refractivity contribution in [1.82, 2.24) is 4.90 Å². The predicted molar refractivity (Wildman–Crippen MR) is 51.0 cm³/mol. The molecule has 0 amide bonds. The molecule has 1 aliphatic rings. The molecule has 1 atom stereocenters. The normalized spacial score (nSPS) is 26.7. The fraction of sp³-hybridized carbons (Fsp3) is 0.900.